The second-order valence-corrected chi connectivity index (χ2v) is 6.45. The molecule has 3 rings (SSSR count). The van der Waals surface area contributed by atoms with Crippen LogP contribution in [-0.2, 0) is 9.59 Å². The Morgan fingerprint density at radius 3 is 2.62 bits per heavy atom. The second-order valence-electron chi connectivity index (χ2n) is 5.30. The van der Waals surface area contributed by atoms with Crippen LogP contribution in [0.3, 0.4) is 0 Å². The molecule has 2 aromatic rings. The number of pyridine rings is 1. The number of para-hydroxylation sites is 1. The molecule has 0 spiro atoms. The zero-order chi connectivity index (χ0) is 17.1. The highest BCUT2D eigenvalue weighted by atomic mass is 32.2. The number of aromatic nitrogens is 1. The van der Waals surface area contributed by atoms with E-state index in [0.717, 1.165) is 22.4 Å². The molecule has 1 aliphatic heterocycles. The Labute approximate surface area is 143 Å². The van der Waals surface area contributed by atoms with E-state index in [2.05, 4.69) is 10.3 Å². The van der Waals surface area contributed by atoms with E-state index in [0.29, 0.717) is 11.5 Å². The number of nitrogens with zero attached hydrogens (tertiary/aromatic N) is 2. The first-order valence-corrected chi connectivity index (χ1v) is 8.26. The van der Waals surface area contributed by atoms with Crippen LogP contribution in [0, 0.1) is 6.92 Å². The minimum Gasteiger partial charge on any atom is -0.311 e. The molecular formula is C17H15N3O3S. The van der Waals surface area contributed by atoms with Gasteiger partial charge in [0, 0.05) is 12.1 Å². The average Bonchev–Trinajstić information content (AvgIpc) is 2.82. The number of rotatable bonds is 4. The lowest BCUT2D eigenvalue weighted by atomic mass is 10.2. The smallest absolute Gasteiger partial charge is 0.293 e. The largest absolute Gasteiger partial charge is 0.311 e. The standard InChI is InChI=1S/C17H15N3O3S/c1-11-6-5-9-14(18-11)19-15(21)10-13-16(22)20(17(23)24-13)12-7-3-2-4-8-12/h2-9,13H,10H2,1H3,(H,18,19,21)/t13-/m1/s1. The van der Waals surface area contributed by atoms with E-state index in [9.17, 15) is 14.4 Å². The summed E-state index contributed by atoms with van der Waals surface area (Å²) in [5.74, 6) is -0.285. The summed E-state index contributed by atoms with van der Waals surface area (Å²) in [6.45, 7) is 1.82. The molecule has 1 atom stereocenters. The van der Waals surface area contributed by atoms with Crippen molar-refractivity contribution in [3.8, 4) is 0 Å². The summed E-state index contributed by atoms with van der Waals surface area (Å²) >= 11 is 0.875. The van der Waals surface area contributed by atoms with E-state index in [1.54, 1.807) is 42.5 Å². The van der Waals surface area contributed by atoms with Crippen LogP contribution in [0.2, 0.25) is 0 Å². The molecule has 1 fully saturated rings. The van der Waals surface area contributed by atoms with Gasteiger partial charge in [0.05, 0.1) is 5.69 Å². The molecule has 6 nitrogen and oxygen atoms in total. The lowest BCUT2D eigenvalue weighted by molar-refractivity contribution is -0.121. The van der Waals surface area contributed by atoms with Gasteiger partial charge in [0.1, 0.15) is 11.1 Å². The molecule has 0 radical (unpaired) electrons. The number of carbonyl (C=O) groups is 3. The Balaban J connectivity index is 1.67. The fraction of sp³-hybridized carbons (Fsp3) is 0.176. The molecular weight excluding hydrogens is 326 g/mol. The molecule has 1 aromatic heterocycles. The molecule has 3 amide bonds. The van der Waals surface area contributed by atoms with E-state index in [-0.39, 0.29) is 23.5 Å². The highest BCUT2D eigenvalue weighted by Gasteiger charge is 2.41. The summed E-state index contributed by atoms with van der Waals surface area (Å²) in [6, 6.07) is 14.0. The van der Waals surface area contributed by atoms with Gasteiger partial charge in [-0.25, -0.2) is 9.88 Å². The third-order valence-corrected chi connectivity index (χ3v) is 4.50. The highest BCUT2D eigenvalue weighted by molar-refractivity contribution is 8.15. The second kappa shape index (κ2) is 6.84. The van der Waals surface area contributed by atoms with Crippen molar-refractivity contribution in [2.24, 2.45) is 0 Å². The number of nitrogens with one attached hydrogen (secondary N) is 1. The van der Waals surface area contributed by atoms with Gasteiger partial charge in [0.15, 0.2) is 0 Å². The van der Waals surface area contributed by atoms with Crippen molar-refractivity contribution in [1.82, 2.24) is 4.98 Å². The Morgan fingerprint density at radius 2 is 1.92 bits per heavy atom. The SMILES string of the molecule is Cc1cccc(NC(=O)C[C@H]2SC(=O)N(c3ccccc3)C2=O)n1. The van der Waals surface area contributed by atoms with Crippen molar-refractivity contribution >= 4 is 40.3 Å². The fourth-order valence-electron chi connectivity index (χ4n) is 2.37. The number of imide groups is 1. The van der Waals surface area contributed by atoms with Crippen LogP contribution in [-0.4, -0.2) is 27.3 Å². The first kappa shape index (κ1) is 16.2. The molecule has 24 heavy (non-hydrogen) atoms. The quantitative estimate of drug-likeness (QED) is 0.925. The maximum absolute atomic E-state index is 12.4. The zero-order valence-electron chi connectivity index (χ0n) is 12.9. The van der Waals surface area contributed by atoms with E-state index in [4.69, 9.17) is 0 Å². The number of benzene rings is 1. The summed E-state index contributed by atoms with van der Waals surface area (Å²) < 4.78 is 0. The minimum atomic E-state index is -0.720. The normalized spacial score (nSPS) is 17.2. The number of hydrogen-bond acceptors (Lipinski definition) is 5. The van der Waals surface area contributed by atoms with Gasteiger partial charge in [0.25, 0.3) is 5.24 Å². The molecule has 1 aromatic carbocycles. The van der Waals surface area contributed by atoms with Gasteiger partial charge in [-0.15, -0.1) is 0 Å². The van der Waals surface area contributed by atoms with Crippen molar-refractivity contribution in [2.45, 2.75) is 18.6 Å². The summed E-state index contributed by atoms with van der Waals surface area (Å²) in [5.41, 5.74) is 1.30. The molecule has 1 aliphatic rings. The van der Waals surface area contributed by atoms with Gasteiger partial charge in [-0.1, -0.05) is 24.3 Å². The van der Waals surface area contributed by atoms with Crippen LogP contribution in [0.15, 0.2) is 48.5 Å². The van der Waals surface area contributed by atoms with Crippen molar-refractivity contribution in [3.05, 3.63) is 54.2 Å². The van der Waals surface area contributed by atoms with Crippen molar-refractivity contribution in [3.63, 3.8) is 0 Å². The summed E-state index contributed by atoms with van der Waals surface area (Å²) in [4.78, 5) is 42.0. The van der Waals surface area contributed by atoms with Crippen molar-refractivity contribution in [2.75, 3.05) is 10.2 Å². The molecule has 0 unspecified atom stereocenters. The molecule has 0 bridgehead atoms. The van der Waals surface area contributed by atoms with E-state index in [1.807, 2.05) is 13.0 Å². The van der Waals surface area contributed by atoms with E-state index < -0.39 is 5.25 Å². The third-order valence-electron chi connectivity index (χ3n) is 3.46. The highest BCUT2D eigenvalue weighted by Crippen LogP contribution is 2.33. The summed E-state index contributed by atoms with van der Waals surface area (Å²) in [7, 11) is 0. The van der Waals surface area contributed by atoms with Gasteiger partial charge in [-0.3, -0.25) is 14.4 Å². The predicted octanol–water partition coefficient (Wildman–Crippen LogP) is 2.99. The number of anilines is 2. The van der Waals surface area contributed by atoms with Crippen LogP contribution < -0.4 is 10.2 Å². The van der Waals surface area contributed by atoms with Crippen LogP contribution in [0.4, 0.5) is 16.3 Å². The monoisotopic (exact) mass is 341 g/mol. The van der Waals surface area contributed by atoms with Gasteiger partial charge in [-0.2, -0.15) is 0 Å². The molecule has 2 heterocycles. The van der Waals surface area contributed by atoms with Crippen molar-refractivity contribution < 1.29 is 14.4 Å². The Bertz CT molecular complexity index is 795. The van der Waals surface area contributed by atoms with Gasteiger partial charge in [0.2, 0.25) is 11.8 Å². The van der Waals surface area contributed by atoms with Crippen LogP contribution in [0.25, 0.3) is 0 Å². The molecule has 0 aliphatic carbocycles. The molecule has 7 heteroatoms. The number of hydrogen-bond donors (Lipinski definition) is 1. The number of thioether (sulfide) groups is 1. The average molecular weight is 341 g/mol. The zero-order valence-corrected chi connectivity index (χ0v) is 13.7. The van der Waals surface area contributed by atoms with Gasteiger partial charge < -0.3 is 5.32 Å². The van der Waals surface area contributed by atoms with E-state index in [1.165, 1.54) is 0 Å². The minimum absolute atomic E-state index is 0.0752. The summed E-state index contributed by atoms with van der Waals surface area (Å²) in [5, 5.41) is 1.57. The lowest BCUT2D eigenvalue weighted by Crippen LogP contribution is -2.32. The molecule has 122 valence electrons. The van der Waals surface area contributed by atoms with Crippen LogP contribution >= 0.6 is 11.8 Å². The molecule has 1 saturated heterocycles. The topological polar surface area (TPSA) is 79.4 Å². The Hall–Kier alpha value is -2.67. The first-order valence-electron chi connectivity index (χ1n) is 7.38. The van der Waals surface area contributed by atoms with E-state index >= 15 is 0 Å². The fourth-order valence-corrected chi connectivity index (χ4v) is 3.36. The Kier molecular flexibility index (Phi) is 4.61. The lowest BCUT2D eigenvalue weighted by Gasteiger charge is -2.13. The Morgan fingerprint density at radius 1 is 1.17 bits per heavy atom. The third kappa shape index (κ3) is 3.46. The van der Waals surface area contributed by atoms with Crippen LogP contribution in [0.1, 0.15) is 12.1 Å². The van der Waals surface area contributed by atoms with Crippen molar-refractivity contribution in [1.29, 1.82) is 0 Å². The number of carbonyl (C=O) groups excluding carboxylic acids is 3. The molecule has 1 N–H and O–H groups in total. The van der Waals surface area contributed by atoms with Gasteiger partial charge in [-0.05, 0) is 43.0 Å². The maximum Gasteiger partial charge on any atom is 0.293 e. The molecule has 0 saturated carbocycles. The first-order chi connectivity index (χ1) is 11.5. The summed E-state index contributed by atoms with van der Waals surface area (Å²) in [6.07, 6.45) is -0.0752. The maximum atomic E-state index is 12.4. The number of aryl methyl sites for hydroxylation is 1. The predicted molar refractivity (Wildman–Crippen MR) is 92.9 cm³/mol. The van der Waals surface area contributed by atoms with Gasteiger partial charge >= 0.3 is 0 Å². The number of amides is 3. The van der Waals surface area contributed by atoms with Crippen LogP contribution in [0.5, 0.6) is 0 Å².